The van der Waals surface area contributed by atoms with Gasteiger partial charge in [-0.15, -0.1) is 0 Å². The fraction of sp³-hybridized carbons (Fsp3) is 0.125. The molecule has 6 heteroatoms. The molecule has 0 saturated carbocycles. The quantitative estimate of drug-likeness (QED) is 0.567. The summed E-state index contributed by atoms with van der Waals surface area (Å²) in [6, 6.07) is 9.14. The Hall–Kier alpha value is -1.56. The van der Waals surface area contributed by atoms with Crippen LogP contribution in [0.25, 0.3) is 6.08 Å². The number of thioether (sulfide) groups is 1. The highest BCUT2D eigenvalue weighted by atomic mass is 35.5. The molecule has 1 aliphatic rings. The van der Waals surface area contributed by atoms with E-state index in [0.29, 0.717) is 25.7 Å². The van der Waals surface area contributed by atoms with Crippen LogP contribution in [0.5, 0.6) is 0 Å². The number of furan rings is 1. The third-order valence-corrected chi connectivity index (χ3v) is 4.95. The van der Waals surface area contributed by atoms with Gasteiger partial charge in [0.25, 0.3) is 5.91 Å². The van der Waals surface area contributed by atoms with Gasteiger partial charge in [0, 0.05) is 11.1 Å². The Labute approximate surface area is 142 Å². The number of anilines is 1. The SMILES string of the molecule is Cc1ccc(C=C2SC(=S)N(c3ccc(C)c(Cl)c3)C2=O)o1. The number of amides is 1. The summed E-state index contributed by atoms with van der Waals surface area (Å²) in [6.45, 7) is 3.77. The minimum absolute atomic E-state index is 0.163. The lowest BCUT2D eigenvalue weighted by atomic mass is 10.2. The zero-order chi connectivity index (χ0) is 15.9. The van der Waals surface area contributed by atoms with E-state index in [1.807, 2.05) is 38.1 Å². The van der Waals surface area contributed by atoms with Crippen LogP contribution in [0, 0.1) is 13.8 Å². The molecule has 0 unspecified atom stereocenters. The van der Waals surface area contributed by atoms with Crippen LogP contribution in [0.4, 0.5) is 5.69 Å². The fourth-order valence-corrected chi connectivity index (χ4v) is 3.53. The van der Waals surface area contributed by atoms with E-state index in [-0.39, 0.29) is 5.91 Å². The van der Waals surface area contributed by atoms with Gasteiger partial charge < -0.3 is 4.42 Å². The van der Waals surface area contributed by atoms with Gasteiger partial charge in [-0.05, 0) is 43.7 Å². The predicted octanol–water partition coefficient (Wildman–Crippen LogP) is 4.96. The van der Waals surface area contributed by atoms with Crippen LogP contribution in [-0.2, 0) is 4.79 Å². The lowest BCUT2D eigenvalue weighted by Gasteiger charge is -2.15. The van der Waals surface area contributed by atoms with Crippen molar-refractivity contribution in [1.82, 2.24) is 0 Å². The van der Waals surface area contributed by atoms with E-state index < -0.39 is 0 Å². The molecule has 3 nitrogen and oxygen atoms in total. The van der Waals surface area contributed by atoms with Crippen LogP contribution in [0.2, 0.25) is 5.02 Å². The maximum atomic E-state index is 12.6. The van der Waals surface area contributed by atoms with Crippen molar-refractivity contribution in [1.29, 1.82) is 0 Å². The first-order chi connectivity index (χ1) is 10.5. The van der Waals surface area contributed by atoms with Crippen molar-refractivity contribution in [3.63, 3.8) is 0 Å². The number of hydrogen-bond donors (Lipinski definition) is 0. The monoisotopic (exact) mass is 349 g/mol. The predicted molar refractivity (Wildman–Crippen MR) is 95.3 cm³/mol. The molecule has 1 saturated heterocycles. The molecule has 0 bridgehead atoms. The van der Waals surface area contributed by atoms with Crippen molar-refractivity contribution in [2.45, 2.75) is 13.8 Å². The fourth-order valence-electron chi connectivity index (χ4n) is 2.07. The summed E-state index contributed by atoms with van der Waals surface area (Å²) in [7, 11) is 0. The number of aryl methyl sites for hydroxylation is 2. The van der Waals surface area contributed by atoms with Crippen LogP contribution < -0.4 is 4.90 Å². The Morgan fingerprint density at radius 3 is 2.68 bits per heavy atom. The number of hydrogen-bond acceptors (Lipinski definition) is 4. The summed E-state index contributed by atoms with van der Waals surface area (Å²) in [5.74, 6) is 1.27. The van der Waals surface area contributed by atoms with Crippen LogP contribution in [-0.4, -0.2) is 10.2 Å². The molecule has 2 heterocycles. The summed E-state index contributed by atoms with van der Waals surface area (Å²) in [4.78, 5) is 14.6. The van der Waals surface area contributed by atoms with Crippen LogP contribution >= 0.6 is 35.6 Å². The second kappa shape index (κ2) is 5.91. The molecule has 22 heavy (non-hydrogen) atoms. The van der Waals surface area contributed by atoms with E-state index in [4.69, 9.17) is 28.2 Å². The van der Waals surface area contributed by atoms with Gasteiger partial charge in [0.05, 0.1) is 10.6 Å². The molecule has 2 aromatic rings. The highest BCUT2D eigenvalue weighted by molar-refractivity contribution is 8.27. The average Bonchev–Trinajstić information content (AvgIpc) is 2.98. The van der Waals surface area contributed by atoms with Gasteiger partial charge in [-0.25, -0.2) is 0 Å². The Balaban J connectivity index is 1.94. The molecule has 0 aliphatic carbocycles. The molecule has 1 amide bonds. The normalized spacial score (nSPS) is 16.9. The van der Waals surface area contributed by atoms with Crippen molar-refractivity contribution in [3.8, 4) is 0 Å². The van der Waals surface area contributed by atoms with Crippen molar-refractivity contribution < 1.29 is 9.21 Å². The van der Waals surface area contributed by atoms with Gasteiger partial charge in [-0.1, -0.05) is 41.6 Å². The third-order valence-electron chi connectivity index (χ3n) is 3.24. The highest BCUT2D eigenvalue weighted by Crippen LogP contribution is 2.37. The lowest BCUT2D eigenvalue weighted by molar-refractivity contribution is -0.113. The maximum Gasteiger partial charge on any atom is 0.270 e. The number of halogens is 1. The molecule has 1 aromatic carbocycles. The third kappa shape index (κ3) is 2.84. The van der Waals surface area contributed by atoms with Crippen molar-refractivity contribution >= 4 is 57.6 Å². The first-order valence-corrected chi connectivity index (χ1v) is 8.16. The van der Waals surface area contributed by atoms with E-state index in [2.05, 4.69) is 0 Å². The summed E-state index contributed by atoms with van der Waals surface area (Å²) in [5.41, 5.74) is 1.63. The van der Waals surface area contributed by atoms with E-state index in [1.54, 1.807) is 12.1 Å². The molecular weight excluding hydrogens is 338 g/mol. The maximum absolute atomic E-state index is 12.6. The van der Waals surface area contributed by atoms with Gasteiger partial charge in [0.2, 0.25) is 0 Å². The van der Waals surface area contributed by atoms with Crippen LogP contribution in [0.15, 0.2) is 39.7 Å². The number of carbonyl (C=O) groups is 1. The molecule has 112 valence electrons. The number of nitrogens with zero attached hydrogens (tertiary/aromatic N) is 1. The highest BCUT2D eigenvalue weighted by Gasteiger charge is 2.33. The number of benzene rings is 1. The molecule has 1 fully saturated rings. The molecule has 0 radical (unpaired) electrons. The molecule has 0 spiro atoms. The lowest BCUT2D eigenvalue weighted by Crippen LogP contribution is -2.27. The largest absolute Gasteiger partial charge is 0.462 e. The second-order valence-corrected chi connectivity index (χ2v) is 6.98. The number of thiocarbonyl (C=S) groups is 1. The van der Waals surface area contributed by atoms with Gasteiger partial charge in [0.1, 0.15) is 11.5 Å². The second-order valence-electron chi connectivity index (χ2n) is 4.90. The molecule has 0 atom stereocenters. The summed E-state index contributed by atoms with van der Waals surface area (Å²) >= 11 is 12.7. The minimum Gasteiger partial charge on any atom is -0.462 e. The minimum atomic E-state index is -0.163. The van der Waals surface area contributed by atoms with E-state index in [9.17, 15) is 4.79 Å². The Kier molecular flexibility index (Phi) is 4.12. The summed E-state index contributed by atoms with van der Waals surface area (Å²) in [6.07, 6.45) is 1.71. The molecule has 1 aromatic heterocycles. The summed E-state index contributed by atoms with van der Waals surface area (Å²) in [5, 5.41) is 0.609. The van der Waals surface area contributed by atoms with Crippen LogP contribution in [0.1, 0.15) is 17.1 Å². The van der Waals surface area contributed by atoms with E-state index in [1.165, 1.54) is 16.7 Å². The Bertz CT molecular complexity index is 810. The van der Waals surface area contributed by atoms with Crippen LogP contribution in [0.3, 0.4) is 0 Å². The van der Waals surface area contributed by atoms with Crippen molar-refractivity contribution in [2.24, 2.45) is 0 Å². The van der Waals surface area contributed by atoms with Gasteiger partial charge >= 0.3 is 0 Å². The van der Waals surface area contributed by atoms with Gasteiger partial charge in [0.15, 0.2) is 4.32 Å². The molecule has 0 N–H and O–H groups in total. The van der Waals surface area contributed by atoms with Crippen molar-refractivity contribution in [2.75, 3.05) is 4.90 Å². The Morgan fingerprint density at radius 2 is 2.05 bits per heavy atom. The first kappa shape index (κ1) is 15.3. The molecule has 3 rings (SSSR count). The van der Waals surface area contributed by atoms with E-state index >= 15 is 0 Å². The Morgan fingerprint density at radius 1 is 1.27 bits per heavy atom. The average molecular weight is 350 g/mol. The number of carbonyl (C=O) groups excluding carboxylic acids is 1. The van der Waals surface area contributed by atoms with E-state index in [0.717, 1.165) is 11.3 Å². The zero-order valence-corrected chi connectivity index (χ0v) is 14.3. The summed E-state index contributed by atoms with van der Waals surface area (Å²) < 4.78 is 5.97. The zero-order valence-electron chi connectivity index (χ0n) is 11.9. The first-order valence-electron chi connectivity index (χ1n) is 6.56. The molecule has 1 aliphatic heterocycles. The standard InChI is InChI=1S/C16H12ClNO2S2/c1-9-3-5-11(7-13(9)17)18-15(19)14(22-16(18)21)8-12-6-4-10(2)20-12/h3-8H,1-2H3. The topological polar surface area (TPSA) is 33.5 Å². The van der Waals surface area contributed by atoms with Gasteiger partial charge in [-0.3, -0.25) is 9.69 Å². The van der Waals surface area contributed by atoms with Crippen molar-refractivity contribution in [3.05, 3.63) is 57.3 Å². The van der Waals surface area contributed by atoms with Gasteiger partial charge in [-0.2, -0.15) is 0 Å². The smallest absolute Gasteiger partial charge is 0.270 e. The number of rotatable bonds is 2. The molecular formula is C16H12ClNO2S2.